The molecule has 23 heavy (non-hydrogen) atoms. The van der Waals surface area contributed by atoms with Crippen LogP contribution in [0.2, 0.25) is 0 Å². The predicted molar refractivity (Wildman–Crippen MR) is 84.3 cm³/mol. The average Bonchev–Trinajstić information content (AvgIpc) is 2.53. The zero-order valence-corrected chi connectivity index (χ0v) is 12.3. The molecule has 1 aliphatic rings. The summed E-state index contributed by atoms with van der Waals surface area (Å²) in [6.45, 7) is 1.02. The minimum atomic E-state index is -0.828. The van der Waals surface area contributed by atoms with Crippen molar-refractivity contribution in [3.05, 3.63) is 40.6 Å². The van der Waals surface area contributed by atoms with Gasteiger partial charge >= 0.3 is 11.8 Å². The predicted octanol–water partition coefficient (Wildman–Crippen LogP) is 2.21. The van der Waals surface area contributed by atoms with Gasteiger partial charge < -0.3 is 15.4 Å². The Balaban J connectivity index is 2.04. The molecule has 0 saturated carbocycles. The van der Waals surface area contributed by atoms with E-state index in [1.807, 2.05) is 29.2 Å². The minimum Gasteiger partial charge on any atom is -0.445 e. The number of rotatable bonds is 3. The zero-order chi connectivity index (χ0) is 16.4. The van der Waals surface area contributed by atoms with E-state index in [4.69, 9.17) is 10.5 Å². The average molecular weight is 316 g/mol. The summed E-state index contributed by atoms with van der Waals surface area (Å²) in [5, 5.41) is 12.1. The van der Waals surface area contributed by atoms with Crippen molar-refractivity contribution >= 4 is 28.4 Å². The van der Waals surface area contributed by atoms with E-state index in [2.05, 4.69) is 4.98 Å². The van der Waals surface area contributed by atoms with E-state index in [1.54, 1.807) is 0 Å². The number of benzene rings is 1. The number of hydrogen-bond acceptors (Lipinski definition) is 6. The summed E-state index contributed by atoms with van der Waals surface area (Å²) in [6.07, 6.45) is 1.52. The number of carbonyl (C=O) groups is 1. The van der Waals surface area contributed by atoms with Gasteiger partial charge in [-0.3, -0.25) is 10.1 Å². The summed E-state index contributed by atoms with van der Waals surface area (Å²) in [4.78, 5) is 28.0. The van der Waals surface area contributed by atoms with Crippen molar-refractivity contribution in [2.24, 2.45) is 5.73 Å². The number of nitrogens with zero attached hydrogens (tertiary/aromatic N) is 3. The van der Waals surface area contributed by atoms with Gasteiger partial charge in [0.2, 0.25) is 0 Å². The molecule has 1 fully saturated rings. The number of hydrogen-bond donors (Lipinski definition) is 1. The maximum atomic E-state index is 11.4. The van der Waals surface area contributed by atoms with Crippen LogP contribution in [0.3, 0.4) is 0 Å². The Morgan fingerprint density at radius 2 is 2.22 bits per heavy atom. The molecule has 0 spiro atoms. The molecule has 1 aliphatic heterocycles. The fourth-order valence-electron chi connectivity index (χ4n) is 2.98. The van der Waals surface area contributed by atoms with Crippen molar-refractivity contribution in [3.63, 3.8) is 0 Å². The van der Waals surface area contributed by atoms with E-state index in [1.165, 1.54) is 6.20 Å². The number of aromatic nitrogens is 1. The monoisotopic (exact) mass is 316 g/mol. The SMILES string of the molecule is NC(=O)O[C@H]1CCCN(c2c([N+](=O)[O-])cnc3ccccc23)C1. The minimum absolute atomic E-state index is 0.0524. The molecular formula is C15H16N4O4. The molecule has 2 N–H and O–H groups in total. The van der Waals surface area contributed by atoms with Crippen molar-refractivity contribution in [3.8, 4) is 0 Å². The van der Waals surface area contributed by atoms with Gasteiger partial charge in [-0.15, -0.1) is 0 Å². The molecule has 8 nitrogen and oxygen atoms in total. The number of nitrogens with two attached hydrogens (primary N) is 1. The van der Waals surface area contributed by atoms with Crippen LogP contribution in [0.5, 0.6) is 0 Å². The molecule has 3 rings (SSSR count). The molecule has 1 aromatic carbocycles. The van der Waals surface area contributed by atoms with Crippen LogP contribution in [0, 0.1) is 10.1 Å². The van der Waals surface area contributed by atoms with Gasteiger partial charge in [-0.25, -0.2) is 9.78 Å². The number of nitro groups is 1. The van der Waals surface area contributed by atoms with Crippen LogP contribution in [0.4, 0.5) is 16.2 Å². The summed E-state index contributed by atoms with van der Waals surface area (Å²) >= 11 is 0. The highest BCUT2D eigenvalue weighted by Gasteiger charge is 2.29. The molecule has 1 aromatic heterocycles. The van der Waals surface area contributed by atoms with Crippen LogP contribution in [-0.4, -0.2) is 35.2 Å². The molecule has 0 bridgehead atoms. The fraction of sp³-hybridized carbons (Fsp3) is 0.333. The van der Waals surface area contributed by atoms with Crippen molar-refractivity contribution in [1.29, 1.82) is 0 Å². The van der Waals surface area contributed by atoms with E-state index in [0.717, 1.165) is 6.42 Å². The first kappa shape index (κ1) is 15.0. The Morgan fingerprint density at radius 3 is 2.96 bits per heavy atom. The zero-order valence-electron chi connectivity index (χ0n) is 12.3. The first-order chi connectivity index (χ1) is 11.1. The lowest BCUT2D eigenvalue weighted by Crippen LogP contribution is -2.41. The number of fused-ring (bicyclic) bond motifs is 1. The molecular weight excluding hydrogens is 300 g/mol. The Hall–Kier alpha value is -2.90. The van der Waals surface area contributed by atoms with Crippen LogP contribution >= 0.6 is 0 Å². The Bertz CT molecular complexity index is 764. The third kappa shape index (κ3) is 3.01. The van der Waals surface area contributed by atoms with Crippen molar-refractivity contribution in [2.75, 3.05) is 18.0 Å². The summed E-state index contributed by atoms with van der Waals surface area (Å²) in [6, 6.07) is 7.27. The smallest absolute Gasteiger partial charge is 0.404 e. The molecule has 0 unspecified atom stereocenters. The number of primary amides is 1. The van der Waals surface area contributed by atoms with Crippen LogP contribution in [0.25, 0.3) is 10.9 Å². The second-order valence-corrected chi connectivity index (χ2v) is 5.41. The lowest BCUT2D eigenvalue weighted by molar-refractivity contribution is -0.384. The number of ether oxygens (including phenoxy) is 1. The number of pyridine rings is 1. The normalized spacial score (nSPS) is 17.9. The number of carbonyl (C=O) groups excluding carboxylic acids is 1. The maximum Gasteiger partial charge on any atom is 0.404 e. The fourth-order valence-corrected chi connectivity index (χ4v) is 2.98. The van der Waals surface area contributed by atoms with E-state index in [9.17, 15) is 14.9 Å². The quantitative estimate of drug-likeness (QED) is 0.686. The third-order valence-electron chi connectivity index (χ3n) is 3.90. The van der Waals surface area contributed by atoms with Gasteiger partial charge in [-0.05, 0) is 18.9 Å². The number of anilines is 1. The van der Waals surface area contributed by atoms with Gasteiger partial charge in [0, 0.05) is 11.9 Å². The molecule has 1 atom stereocenters. The standard InChI is InChI=1S/C15H16N4O4/c16-15(20)23-10-4-3-7-18(9-10)14-11-5-1-2-6-12(11)17-8-13(14)19(21)22/h1-2,5-6,8,10H,3-4,7,9H2,(H2,16,20)/t10-/m0/s1. The summed E-state index contributed by atoms with van der Waals surface area (Å²) in [7, 11) is 0. The van der Waals surface area contributed by atoms with Gasteiger partial charge in [0.1, 0.15) is 18.0 Å². The lowest BCUT2D eigenvalue weighted by atomic mass is 10.0. The molecule has 1 amide bonds. The molecule has 0 radical (unpaired) electrons. The number of amides is 1. The Kier molecular flexibility index (Phi) is 3.96. The summed E-state index contributed by atoms with van der Waals surface area (Å²) in [5.74, 6) is 0. The highest BCUT2D eigenvalue weighted by molar-refractivity contribution is 5.96. The van der Waals surface area contributed by atoms with Crippen LogP contribution in [-0.2, 0) is 4.74 Å². The van der Waals surface area contributed by atoms with E-state index in [-0.39, 0.29) is 11.8 Å². The highest BCUT2D eigenvalue weighted by atomic mass is 16.6. The summed E-state index contributed by atoms with van der Waals surface area (Å²) in [5.41, 5.74) is 6.22. The van der Waals surface area contributed by atoms with E-state index < -0.39 is 11.0 Å². The molecule has 1 saturated heterocycles. The molecule has 8 heteroatoms. The number of para-hydroxylation sites is 1. The van der Waals surface area contributed by atoms with Crippen molar-refractivity contribution in [2.45, 2.75) is 18.9 Å². The highest BCUT2D eigenvalue weighted by Crippen LogP contribution is 2.36. The third-order valence-corrected chi connectivity index (χ3v) is 3.90. The lowest BCUT2D eigenvalue weighted by Gasteiger charge is -2.33. The molecule has 2 heterocycles. The second kappa shape index (κ2) is 6.07. The molecule has 120 valence electrons. The summed E-state index contributed by atoms with van der Waals surface area (Å²) < 4.78 is 5.07. The molecule has 2 aromatic rings. The first-order valence-electron chi connectivity index (χ1n) is 7.29. The number of piperidine rings is 1. The van der Waals surface area contributed by atoms with Crippen LogP contribution in [0.1, 0.15) is 12.8 Å². The van der Waals surface area contributed by atoms with Gasteiger partial charge in [0.05, 0.1) is 17.0 Å². The van der Waals surface area contributed by atoms with Gasteiger partial charge in [-0.1, -0.05) is 18.2 Å². The van der Waals surface area contributed by atoms with Crippen LogP contribution < -0.4 is 10.6 Å². The van der Waals surface area contributed by atoms with Crippen molar-refractivity contribution < 1.29 is 14.5 Å². The van der Waals surface area contributed by atoms with Gasteiger partial charge in [0.15, 0.2) is 0 Å². The van der Waals surface area contributed by atoms with Crippen LogP contribution in [0.15, 0.2) is 30.5 Å². The van der Waals surface area contributed by atoms with Gasteiger partial charge in [0.25, 0.3) is 0 Å². The Morgan fingerprint density at radius 1 is 1.43 bits per heavy atom. The van der Waals surface area contributed by atoms with Gasteiger partial charge in [-0.2, -0.15) is 0 Å². The Labute approximate surface area is 132 Å². The second-order valence-electron chi connectivity index (χ2n) is 5.41. The van der Waals surface area contributed by atoms with E-state index >= 15 is 0 Å². The topological polar surface area (TPSA) is 112 Å². The van der Waals surface area contributed by atoms with Crippen molar-refractivity contribution in [1.82, 2.24) is 4.98 Å². The maximum absolute atomic E-state index is 11.4. The molecule has 0 aliphatic carbocycles. The first-order valence-corrected chi connectivity index (χ1v) is 7.29. The largest absolute Gasteiger partial charge is 0.445 e. The van der Waals surface area contributed by atoms with E-state index in [0.29, 0.717) is 36.1 Å².